The number of aromatic nitrogens is 1. The van der Waals surface area contributed by atoms with Crippen LogP contribution < -0.4 is 5.32 Å². The molecule has 1 aliphatic heterocycles. The maximum absolute atomic E-state index is 4.47. The fourth-order valence-electron chi connectivity index (χ4n) is 2.46. The zero-order chi connectivity index (χ0) is 13.2. The highest BCUT2D eigenvalue weighted by Gasteiger charge is 2.16. The van der Waals surface area contributed by atoms with Crippen molar-refractivity contribution in [3.63, 3.8) is 0 Å². The van der Waals surface area contributed by atoms with Crippen molar-refractivity contribution in [2.75, 3.05) is 5.32 Å². The van der Waals surface area contributed by atoms with E-state index in [1.165, 1.54) is 22.3 Å². The molecule has 2 heterocycles. The third-order valence-corrected chi connectivity index (χ3v) is 3.43. The fourth-order valence-corrected chi connectivity index (χ4v) is 2.46. The van der Waals surface area contributed by atoms with Crippen LogP contribution in [0.15, 0.2) is 41.5 Å². The molecule has 2 aromatic rings. The molecule has 0 atom stereocenters. The van der Waals surface area contributed by atoms with Crippen LogP contribution in [-0.4, -0.2) is 10.7 Å². The van der Waals surface area contributed by atoms with Gasteiger partial charge in [0.1, 0.15) is 5.82 Å². The number of fused-ring (bicyclic) bond motifs is 1. The van der Waals surface area contributed by atoms with Crippen molar-refractivity contribution in [2.45, 2.75) is 26.9 Å². The van der Waals surface area contributed by atoms with E-state index in [4.69, 9.17) is 0 Å². The first-order valence-corrected chi connectivity index (χ1v) is 6.53. The van der Waals surface area contributed by atoms with E-state index in [2.05, 4.69) is 46.5 Å². The molecule has 0 radical (unpaired) electrons. The smallest absolute Gasteiger partial charge is 0.135 e. The Balaban J connectivity index is 1.82. The summed E-state index contributed by atoms with van der Waals surface area (Å²) in [5, 5.41) is 3.43. The lowest BCUT2D eigenvalue weighted by Gasteiger charge is -2.10. The molecule has 0 bridgehead atoms. The SMILES string of the molecule is CC1=NCc2ccnc(NCc3cccc(C)c3)c21. The topological polar surface area (TPSA) is 37.3 Å². The summed E-state index contributed by atoms with van der Waals surface area (Å²) in [5.41, 5.74) is 6.07. The largest absolute Gasteiger partial charge is 0.365 e. The van der Waals surface area contributed by atoms with Gasteiger partial charge in [-0.25, -0.2) is 4.98 Å². The van der Waals surface area contributed by atoms with Gasteiger partial charge in [0.2, 0.25) is 0 Å². The zero-order valence-electron chi connectivity index (χ0n) is 11.3. The van der Waals surface area contributed by atoms with Crippen molar-refractivity contribution in [1.82, 2.24) is 4.98 Å². The summed E-state index contributed by atoms with van der Waals surface area (Å²) in [6.07, 6.45) is 1.85. The molecular formula is C16H17N3. The summed E-state index contributed by atoms with van der Waals surface area (Å²) >= 11 is 0. The molecule has 0 spiro atoms. The van der Waals surface area contributed by atoms with Gasteiger partial charge in [-0.15, -0.1) is 0 Å². The number of pyridine rings is 1. The van der Waals surface area contributed by atoms with Crippen LogP contribution in [0, 0.1) is 6.92 Å². The van der Waals surface area contributed by atoms with Crippen LogP contribution in [0.1, 0.15) is 29.2 Å². The van der Waals surface area contributed by atoms with Crippen LogP contribution in [0.4, 0.5) is 5.82 Å². The molecule has 1 aromatic heterocycles. The molecule has 96 valence electrons. The van der Waals surface area contributed by atoms with Crippen LogP contribution in [0.25, 0.3) is 0 Å². The first-order chi connectivity index (χ1) is 9.24. The Kier molecular flexibility index (Phi) is 3.03. The lowest BCUT2D eigenvalue weighted by molar-refractivity contribution is 1.07. The van der Waals surface area contributed by atoms with Crippen LogP contribution in [0.3, 0.4) is 0 Å². The Morgan fingerprint density at radius 1 is 1.21 bits per heavy atom. The number of nitrogens with zero attached hydrogens (tertiary/aromatic N) is 2. The summed E-state index contributed by atoms with van der Waals surface area (Å²) in [6, 6.07) is 10.6. The number of aliphatic imine (C=N–C) groups is 1. The molecule has 19 heavy (non-hydrogen) atoms. The number of aryl methyl sites for hydroxylation is 1. The molecule has 0 saturated heterocycles. The van der Waals surface area contributed by atoms with E-state index >= 15 is 0 Å². The molecule has 0 fully saturated rings. The number of hydrogen-bond acceptors (Lipinski definition) is 3. The van der Waals surface area contributed by atoms with Crippen molar-refractivity contribution in [2.24, 2.45) is 4.99 Å². The quantitative estimate of drug-likeness (QED) is 0.908. The average molecular weight is 251 g/mol. The predicted molar refractivity (Wildman–Crippen MR) is 78.7 cm³/mol. The second-order valence-corrected chi connectivity index (χ2v) is 4.94. The Morgan fingerprint density at radius 2 is 2.11 bits per heavy atom. The van der Waals surface area contributed by atoms with E-state index in [-0.39, 0.29) is 0 Å². The highest BCUT2D eigenvalue weighted by Crippen LogP contribution is 2.24. The average Bonchev–Trinajstić information content (AvgIpc) is 2.79. The van der Waals surface area contributed by atoms with E-state index in [9.17, 15) is 0 Å². The maximum Gasteiger partial charge on any atom is 0.135 e. The number of rotatable bonds is 3. The molecule has 0 saturated carbocycles. The molecule has 0 unspecified atom stereocenters. The van der Waals surface area contributed by atoms with Crippen LogP contribution in [-0.2, 0) is 13.1 Å². The van der Waals surface area contributed by atoms with Crippen molar-refractivity contribution >= 4 is 11.5 Å². The molecule has 3 nitrogen and oxygen atoms in total. The molecule has 1 N–H and O–H groups in total. The van der Waals surface area contributed by atoms with Crippen LogP contribution in [0.5, 0.6) is 0 Å². The van der Waals surface area contributed by atoms with Gasteiger partial charge in [0.25, 0.3) is 0 Å². The van der Waals surface area contributed by atoms with Crippen molar-refractivity contribution in [1.29, 1.82) is 0 Å². The fraction of sp³-hybridized carbons (Fsp3) is 0.250. The van der Waals surface area contributed by atoms with E-state index in [0.29, 0.717) is 0 Å². The zero-order valence-corrected chi connectivity index (χ0v) is 11.3. The second kappa shape index (κ2) is 4.84. The minimum absolute atomic E-state index is 0.781. The molecule has 0 amide bonds. The first-order valence-electron chi connectivity index (χ1n) is 6.53. The lowest BCUT2D eigenvalue weighted by atomic mass is 10.1. The van der Waals surface area contributed by atoms with E-state index in [1.54, 1.807) is 0 Å². The number of anilines is 1. The minimum Gasteiger partial charge on any atom is -0.365 e. The van der Waals surface area contributed by atoms with Gasteiger partial charge in [0.05, 0.1) is 6.54 Å². The van der Waals surface area contributed by atoms with Gasteiger partial charge in [-0.3, -0.25) is 4.99 Å². The predicted octanol–water partition coefficient (Wildman–Crippen LogP) is 3.32. The van der Waals surface area contributed by atoms with Gasteiger partial charge in [-0.1, -0.05) is 29.8 Å². The summed E-state index contributed by atoms with van der Waals surface area (Å²) < 4.78 is 0. The first kappa shape index (κ1) is 11.9. The third kappa shape index (κ3) is 2.36. The highest BCUT2D eigenvalue weighted by atomic mass is 15.0. The van der Waals surface area contributed by atoms with Gasteiger partial charge in [-0.05, 0) is 31.0 Å². The summed E-state index contributed by atoms with van der Waals surface area (Å²) in [7, 11) is 0. The van der Waals surface area contributed by atoms with Crippen LogP contribution in [0.2, 0.25) is 0 Å². The lowest BCUT2D eigenvalue weighted by Crippen LogP contribution is -2.07. The van der Waals surface area contributed by atoms with E-state index < -0.39 is 0 Å². The minimum atomic E-state index is 0.781. The Labute approximate surface area is 113 Å². The van der Waals surface area contributed by atoms with Gasteiger partial charge in [0.15, 0.2) is 0 Å². The monoisotopic (exact) mass is 251 g/mol. The van der Waals surface area contributed by atoms with E-state index in [0.717, 1.165) is 24.6 Å². The molecule has 1 aliphatic rings. The van der Waals surface area contributed by atoms with Crippen LogP contribution >= 0.6 is 0 Å². The van der Waals surface area contributed by atoms with Crippen molar-refractivity contribution < 1.29 is 0 Å². The molecule has 3 rings (SSSR count). The summed E-state index contributed by atoms with van der Waals surface area (Å²) in [5.74, 6) is 0.942. The Bertz CT molecular complexity index is 644. The molecular weight excluding hydrogens is 234 g/mol. The number of benzene rings is 1. The van der Waals surface area contributed by atoms with Crippen molar-refractivity contribution in [3.05, 3.63) is 58.8 Å². The van der Waals surface area contributed by atoms with Crippen molar-refractivity contribution in [3.8, 4) is 0 Å². The second-order valence-electron chi connectivity index (χ2n) is 4.94. The van der Waals surface area contributed by atoms with E-state index in [1.807, 2.05) is 19.2 Å². The molecule has 0 aliphatic carbocycles. The normalized spacial score (nSPS) is 13.1. The molecule has 3 heteroatoms. The molecule has 1 aromatic carbocycles. The van der Waals surface area contributed by atoms with Gasteiger partial charge >= 0.3 is 0 Å². The standard InChI is InChI=1S/C16H17N3/c1-11-4-3-5-13(8-11)9-19-16-15-12(2)18-10-14(15)6-7-17-16/h3-8H,9-10H2,1-2H3,(H,17,19). The van der Waals surface area contributed by atoms with Gasteiger partial charge in [0, 0.05) is 24.0 Å². The highest BCUT2D eigenvalue weighted by molar-refractivity contribution is 6.05. The van der Waals surface area contributed by atoms with Gasteiger partial charge in [-0.2, -0.15) is 0 Å². The Hall–Kier alpha value is -2.16. The van der Waals surface area contributed by atoms with Gasteiger partial charge < -0.3 is 5.32 Å². The number of hydrogen-bond donors (Lipinski definition) is 1. The summed E-state index contributed by atoms with van der Waals surface area (Å²) in [6.45, 7) is 5.73. The number of nitrogens with one attached hydrogen (secondary N) is 1. The third-order valence-electron chi connectivity index (χ3n) is 3.43. The Morgan fingerprint density at radius 3 is 2.95 bits per heavy atom. The summed E-state index contributed by atoms with van der Waals surface area (Å²) in [4.78, 5) is 8.92. The maximum atomic E-state index is 4.47.